The van der Waals surface area contributed by atoms with Gasteiger partial charge in [-0.05, 0) is 45.8 Å². The predicted octanol–water partition coefficient (Wildman–Crippen LogP) is 2.30. The SMILES string of the molecule is CN1CCC(N(C)c2ncnc(N3CCCCCC3)c2[N+](=O)[O-])CC1. The number of anilines is 2. The van der Waals surface area contributed by atoms with Gasteiger partial charge in [0, 0.05) is 26.2 Å². The lowest BCUT2D eigenvalue weighted by atomic mass is 10.0. The summed E-state index contributed by atoms with van der Waals surface area (Å²) in [6, 6.07) is 0.279. The van der Waals surface area contributed by atoms with Crippen molar-refractivity contribution in [2.24, 2.45) is 0 Å². The molecule has 2 saturated heterocycles. The first kappa shape index (κ1) is 17.8. The molecule has 3 heterocycles. The Morgan fingerprint density at radius 3 is 2.36 bits per heavy atom. The summed E-state index contributed by atoms with van der Waals surface area (Å²) in [6.45, 7) is 3.67. The molecule has 8 heteroatoms. The maximum atomic E-state index is 11.9. The van der Waals surface area contributed by atoms with Crippen molar-refractivity contribution in [3.8, 4) is 0 Å². The summed E-state index contributed by atoms with van der Waals surface area (Å²) in [4.78, 5) is 26.5. The molecule has 0 unspecified atom stereocenters. The molecule has 8 nitrogen and oxygen atoms in total. The highest BCUT2D eigenvalue weighted by Gasteiger charge is 2.32. The highest BCUT2D eigenvalue weighted by atomic mass is 16.6. The summed E-state index contributed by atoms with van der Waals surface area (Å²) in [5.41, 5.74) is 0.0610. The van der Waals surface area contributed by atoms with Crippen molar-refractivity contribution < 1.29 is 4.92 Å². The predicted molar refractivity (Wildman–Crippen MR) is 98.3 cm³/mol. The Kier molecular flexibility index (Phi) is 5.67. The van der Waals surface area contributed by atoms with Crippen LogP contribution in [0.15, 0.2) is 6.33 Å². The van der Waals surface area contributed by atoms with E-state index in [-0.39, 0.29) is 16.7 Å². The van der Waals surface area contributed by atoms with Crippen LogP contribution in [0.1, 0.15) is 38.5 Å². The summed E-state index contributed by atoms with van der Waals surface area (Å²) >= 11 is 0. The van der Waals surface area contributed by atoms with Crippen LogP contribution in [0.3, 0.4) is 0 Å². The average Bonchev–Trinajstić information content (AvgIpc) is 2.90. The highest BCUT2D eigenvalue weighted by molar-refractivity contribution is 5.71. The number of nitrogens with zero attached hydrogens (tertiary/aromatic N) is 6. The first-order chi connectivity index (χ1) is 12.1. The van der Waals surface area contributed by atoms with Crippen molar-refractivity contribution in [1.82, 2.24) is 14.9 Å². The Morgan fingerprint density at radius 2 is 1.76 bits per heavy atom. The molecule has 138 valence electrons. The topological polar surface area (TPSA) is 78.6 Å². The fourth-order valence-electron chi connectivity index (χ4n) is 3.85. The van der Waals surface area contributed by atoms with Gasteiger partial charge in [0.25, 0.3) is 0 Å². The molecule has 0 spiro atoms. The van der Waals surface area contributed by atoms with Gasteiger partial charge >= 0.3 is 5.69 Å². The third-order valence-electron chi connectivity index (χ3n) is 5.44. The third-order valence-corrected chi connectivity index (χ3v) is 5.44. The van der Waals surface area contributed by atoms with Crippen molar-refractivity contribution in [1.29, 1.82) is 0 Å². The number of aromatic nitrogens is 2. The number of likely N-dealkylation sites (tertiary alicyclic amines) is 1. The minimum Gasteiger partial charge on any atom is -0.351 e. The molecule has 1 aromatic heterocycles. The molecule has 0 amide bonds. The van der Waals surface area contributed by atoms with Crippen LogP contribution in [0.25, 0.3) is 0 Å². The van der Waals surface area contributed by atoms with E-state index in [4.69, 9.17) is 0 Å². The van der Waals surface area contributed by atoms with Crippen molar-refractivity contribution in [3.05, 3.63) is 16.4 Å². The van der Waals surface area contributed by atoms with E-state index >= 15 is 0 Å². The molecule has 0 aromatic carbocycles. The monoisotopic (exact) mass is 348 g/mol. The lowest BCUT2D eigenvalue weighted by Crippen LogP contribution is -2.42. The Labute approximate surface area is 149 Å². The van der Waals surface area contributed by atoms with Crippen molar-refractivity contribution >= 4 is 17.3 Å². The van der Waals surface area contributed by atoms with Crippen molar-refractivity contribution in [2.45, 2.75) is 44.6 Å². The van der Waals surface area contributed by atoms with Crippen LogP contribution in [-0.4, -0.2) is 66.1 Å². The molecule has 25 heavy (non-hydrogen) atoms. The summed E-state index contributed by atoms with van der Waals surface area (Å²) < 4.78 is 0. The maximum absolute atomic E-state index is 11.9. The second-order valence-electron chi connectivity index (χ2n) is 7.17. The molecule has 2 aliphatic rings. The molecular formula is C17H28N6O2. The summed E-state index contributed by atoms with van der Waals surface area (Å²) in [5.74, 6) is 0.936. The molecule has 0 atom stereocenters. The van der Waals surface area contributed by atoms with Crippen LogP contribution in [0.2, 0.25) is 0 Å². The van der Waals surface area contributed by atoms with Crippen LogP contribution in [0.4, 0.5) is 17.3 Å². The summed E-state index contributed by atoms with van der Waals surface area (Å²) in [6.07, 6.45) is 7.94. The Bertz CT molecular complexity index is 595. The molecule has 1 aromatic rings. The first-order valence-corrected chi connectivity index (χ1v) is 9.23. The number of piperidine rings is 1. The maximum Gasteiger partial charge on any atom is 0.353 e. The van der Waals surface area contributed by atoms with E-state index in [1.54, 1.807) is 0 Å². The standard InChI is InChI=1S/C17H28N6O2/c1-20-11-7-14(8-12-20)21(2)16-15(23(24)25)17(19-13-18-16)22-9-5-3-4-6-10-22/h13-14H,3-12H2,1-2H3. The quantitative estimate of drug-likeness (QED) is 0.610. The molecule has 0 N–H and O–H groups in total. The van der Waals surface area contributed by atoms with Gasteiger partial charge in [-0.2, -0.15) is 0 Å². The number of hydrogen-bond donors (Lipinski definition) is 0. The van der Waals surface area contributed by atoms with E-state index in [2.05, 4.69) is 26.8 Å². The van der Waals surface area contributed by atoms with E-state index in [1.807, 2.05) is 11.9 Å². The first-order valence-electron chi connectivity index (χ1n) is 9.23. The zero-order valence-corrected chi connectivity index (χ0v) is 15.2. The van der Waals surface area contributed by atoms with E-state index in [0.29, 0.717) is 11.6 Å². The van der Waals surface area contributed by atoms with Gasteiger partial charge in [0.2, 0.25) is 11.6 Å². The van der Waals surface area contributed by atoms with E-state index in [9.17, 15) is 10.1 Å². The minimum atomic E-state index is -0.305. The zero-order chi connectivity index (χ0) is 17.8. The summed E-state index contributed by atoms with van der Waals surface area (Å²) in [5, 5.41) is 11.9. The van der Waals surface area contributed by atoms with Crippen molar-refractivity contribution in [2.75, 3.05) is 50.1 Å². The fraction of sp³-hybridized carbons (Fsp3) is 0.765. The average molecular weight is 348 g/mol. The lowest BCUT2D eigenvalue weighted by Gasteiger charge is -2.35. The molecule has 3 rings (SSSR count). The van der Waals surface area contributed by atoms with E-state index in [1.165, 1.54) is 19.2 Å². The van der Waals surface area contributed by atoms with Crippen LogP contribution in [0, 0.1) is 10.1 Å². The van der Waals surface area contributed by atoms with Crippen LogP contribution in [-0.2, 0) is 0 Å². The van der Waals surface area contributed by atoms with Gasteiger partial charge in [0.05, 0.1) is 4.92 Å². The van der Waals surface area contributed by atoms with Gasteiger partial charge in [0.15, 0.2) is 0 Å². The number of hydrogen-bond acceptors (Lipinski definition) is 7. The molecule has 0 bridgehead atoms. The van der Waals surface area contributed by atoms with E-state index < -0.39 is 0 Å². The largest absolute Gasteiger partial charge is 0.353 e. The Hall–Kier alpha value is -1.96. The summed E-state index contributed by atoms with van der Waals surface area (Å²) in [7, 11) is 4.04. The Balaban J connectivity index is 1.90. The van der Waals surface area contributed by atoms with E-state index in [0.717, 1.165) is 51.9 Å². The molecular weight excluding hydrogens is 320 g/mol. The molecule has 2 aliphatic heterocycles. The van der Waals surface area contributed by atoms with Crippen molar-refractivity contribution in [3.63, 3.8) is 0 Å². The molecule has 0 saturated carbocycles. The van der Waals surface area contributed by atoms with Gasteiger partial charge in [-0.3, -0.25) is 10.1 Å². The zero-order valence-electron chi connectivity index (χ0n) is 15.2. The van der Waals surface area contributed by atoms with Crippen LogP contribution < -0.4 is 9.80 Å². The number of rotatable bonds is 4. The smallest absolute Gasteiger partial charge is 0.351 e. The van der Waals surface area contributed by atoms with Gasteiger partial charge in [-0.25, -0.2) is 9.97 Å². The second-order valence-corrected chi connectivity index (χ2v) is 7.17. The molecule has 0 aliphatic carbocycles. The normalized spacial score (nSPS) is 20.3. The third kappa shape index (κ3) is 4.00. The highest BCUT2D eigenvalue weighted by Crippen LogP contribution is 2.36. The van der Waals surface area contributed by atoms with Crippen LogP contribution >= 0.6 is 0 Å². The van der Waals surface area contributed by atoms with Gasteiger partial charge in [-0.15, -0.1) is 0 Å². The van der Waals surface area contributed by atoms with Crippen LogP contribution in [0.5, 0.6) is 0 Å². The minimum absolute atomic E-state index is 0.0610. The lowest BCUT2D eigenvalue weighted by molar-refractivity contribution is -0.383. The number of nitro groups is 1. The van der Waals surface area contributed by atoms with Gasteiger partial charge in [0.1, 0.15) is 6.33 Å². The Morgan fingerprint density at radius 1 is 1.12 bits per heavy atom. The molecule has 0 radical (unpaired) electrons. The van der Waals surface area contributed by atoms with Gasteiger partial charge in [-0.1, -0.05) is 12.8 Å². The van der Waals surface area contributed by atoms with Gasteiger partial charge < -0.3 is 14.7 Å². The second kappa shape index (κ2) is 7.95. The molecule has 2 fully saturated rings. The fourth-order valence-corrected chi connectivity index (χ4v) is 3.85.